The quantitative estimate of drug-likeness (QED) is 0.378. The predicted molar refractivity (Wildman–Crippen MR) is 142 cm³/mol. The number of carbonyl (C=O) groups excluding carboxylic acids is 1. The maximum absolute atomic E-state index is 12.7. The maximum Gasteiger partial charge on any atom is 0.446 e. The van der Waals surface area contributed by atoms with Gasteiger partial charge < -0.3 is 15.1 Å². The van der Waals surface area contributed by atoms with E-state index in [0.717, 1.165) is 57.5 Å². The van der Waals surface area contributed by atoms with E-state index in [1.807, 2.05) is 4.90 Å². The van der Waals surface area contributed by atoms with Gasteiger partial charge in [0.1, 0.15) is 0 Å². The van der Waals surface area contributed by atoms with Gasteiger partial charge in [-0.1, -0.05) is 17.7 Å². The van der Waals surface area contributed by atoms with Crippen molar-refractivity contribution in [2.45, 2.75) is 68.3 Å². The van der Waals surface area contributed by atoms with Crippen LogP contribution in [0.1, 0.15) is 50.5 Å². The summed E-state index contributed by atoms with van der Waals surface area (Å²) >= 11 is -0.100. The Labute approximate surface area is 216 Å². The molecule has 0 aliphatic carbocycles. The SMILES string of the molecule is Cc1ccc(N2CCC(CCCC(=O)N3CCC(Nc4ccc(SC(F)(F)F)cc4)CC3)CC2)cc1. The Morgan fingerprint density at radius 2 is 1.58 bits per heavy atom. The molecule has 0 saturated carbocycles. The van der Waals surface area contributed by atoms with Gasteiger partial charge in [-0.05, 0) is 99.5 Å². The third-order valence-electron chi connectivity index (χ3n) is 7.32. The summed E-state index contributed by atoms with van der Waals surface area (Å²) in [7, 11) is 0. The molecule has 2 aromatic rings. The largest absolute Gasteiger partial charge is 0.446 e. The molecule has 2 aliphatic heterocycles. The average Bonchev–Trinajstić information content (AvgIpc) is 2.86. The van der Waals surface area contributed by atoms with Crippen molar-refractivity contribution in [3.63, 3.8) is 0 Å². The minimum Gasteiger partial charge on any atom is -0.382 e. The van der Waals surface area contributed by atoms with Crippen LogP contribution in [0.5, 0.6) is 0 Å². The number of hydrogen-bond donors (Lipinski definition) is 1. The number of anilines is 2. The van der Waals surface area contributed by atoms with E-state index in [2.05, 4.69) is 41.4 Å². The number of nitrogens with zero attached hydrogens (tertiary/aromatic N) is 2. The van der Waals surface area contributed by atoms with Crippen LogP contribution in [-0.2, 0) is 4.79 Å². The van der Waals surface area contributed by atoms with Gasteiger partial charge in [0.2, 0.25) is 5.91 Å². The lowest BCUT2D eigenvalue weighted by molar-refractivity contribution is -0.132. The van der Waals surface area contributed by atoms with Crippen molar-refractivity contribution < 1.29 is 18.0 Å². The molecule has 4 nitrogen and oxygen atoms in total. The molecule has 0 aromatic heterocycles. The fraction of sp³-hybridized carbons (Fsp3) is 0.536. The minimum atomic E-state index is -4.27. The van der Waals surface area contributed by atoms with E-state index in [4.69, 9.17) is 0 Å². The van der Waals surface area contributed by atoms with E-state index in [-0.39, 0.29) is 28.6 Å². The zero-order chi connectivity index (χ0) is 25.5. The van der Waals surface area contributed by atoms with Crippen molar-refractivity contribution in [2.75, 3.05) is 36.4 Å². The van der Waals surface area contributed by atoms with Crippen molar-refractivity contribution in [2.24, 2.45) is 5.92 Å². The highest BCUT2D eigenvalue weighted by molar-refractivity contribution is 8.00. The number of carbonyl (C=O) groups is 1. The Morgan fingerprint density at radius 1 is 0.944 bits per heavy atom. The third kappa shape index (κ3) is 8.08. The lowest BCUT2D eigenvalue weighted by atomic mass is 9.91. The van der Waals surface area contributed by atoms with Crippen LogP contribution in [-0.4, -0.2) is 48.5 Å². The van der Waals surface area contributed by atoms with Crippen LogP contribution in [0.4, 0.5) is 24.5 Å². The summed E-state index contributed by atoms with van der Waals surface area (Å²) in [6.45, 7) is 5.75. The highest BCUT2D eigenvalue weighted by Gasteiger charge is 2.29. The molecule has 2 aromatic carbocycles. The molecule has 2 heterocycles. The average molecular weight is 520 g/mol. The highest BCUT2D eigenvalue weighted by atomic mass is 32.2. The number of amides is 1. The number of halogens is 3. The molecule has 36 heavy (non-hydrogen) atoms. The maximum atomic E-state index is 12.7. The molecular weight excluding hydrogens is 483 g/mol. The molecule has 2 saturated heterocycles. The number of aryl methyl sites for hydroxylation is 1. The summed E-state index contributed by atoms with van der Waals surface area (Å²) in [6.07, 6.45) is 6.77. The molecular formula is C28H36F3N3OS. The number of piperidine rings is 2. The molecule has 0 radical (unpaired) electrons. The van der Waals surface area contributed by atoms with Crippen molar-refractivity contribution in [3.05, 3.63) is 54.1 Å². The van der Waals surface area contributed by atoms with Crippen LogP contribution in [0.3, 0.4) is 0 Å². The molecule has 8 heteroatoms. The fourth-order valence-corrected chi connectivity index (χ4v) is 5.74. The van der Waals surface area contributed by atoms with Gasteiger partial charge in [-0.2, -0.15) is 13.2 Å². The summed E-state index contributed by atoms with van der Waals surface area (Å²) in [5, 5.41) is 3.40. The summed E-state index contributed by atoms with van der Waals surface area (Å²) in [5.41, 5.74) is -0.854. The Hall–Kier alpha value is -2.35. The van der Waals surface area contributed by atoms with E-state index < -0.39 is 5.51 Å². The fourth-order valence-electron chi connectivity index (χ4n) is 5.20. The summed E-state index contributed by atoms with van der Waals surface area (Å²) in [4.78, 5) is 17.4. The van der Waals surface area contributed by atoms with E-state index in [1.54, 1.807) is 12.1 Å². The van der Waals surface area contributed by atoms with Gasteiger partial charge in [0, 0.05) is 54.9 Å². The Balaban J connectivity index is 1.11. The molecule has 0 atom stereocenters. The molecule has 0 spiro atoms. The summed E-state index contributed by atoms with van der Waals surface area (Å²) in [6, 6.07) is 15.4. The first kappa shape index (κ1) is 26.7. The molecule has 2 aliphatic rings. The monoisotopic (exact) mass is 519 g/mol. The lowest BCUT2D eigenvalue weighted by Gasteiger charge is -2.34. The number of thioether (sulfide) groups is 1. The van der Waals surface area contributed by atoms with E-state index in [1.165, 1.54) is 36.2 Å². The number of nitrogens with one attached hydrogen (secondary N) is 1. The minimum absolute atomic E-state index is 0.100. The van der Waals surface area contributed by atoms with Crippen LogP contribution in [0, 0.1) is 12.8 Å². The first-order valence-corrected chi connectivity index (χ1v) is 13.8. The van der Waals surface area contributed by atoms with Gasteiger partial charge in [-0.25, -0.2) is 0 Å². The Kier molecular flexibility index (Phi) is 9.09. The second-order valence-corrected chi connectivity index (χ2v) is 11.2. The van der Waals surface area contributed by atoms with Crippen LogP contribution < -0.4 is 10.2 Å². The number of rotatable bonds is 8. The molecule has 4 rings (SSSR count). The normalized spacial score (nSPS) is 17.9. The number of hydrogen-bond acceptors (Lipinski definition) is 4. The number of alkyl halides is 3. The van der Waals surface area contributed by atoms with Gasteiger partial charge >= 0.3 is 5.51 Å². The Bertz CT molecular complexity index is 965. The summed E-state index contributed by atoms with van der Waals surface area (Å²) < 4.78 is 37.5. The topological polar surface area (TPSA) is 35.6 Å². The van der Waals surface area contributed by atoms with Crippen molar-refractivity contribution in [1.82, 2.24) is 4.90 Å². The number of benzene rings is 2. The molecule has 196 valence electrons. The predicted octanol–water partition coefficient (Wildman–Crippen LogP) is 7.10. The van der Waals surface area contributed by atoms with Gasteiger partial charge in [0.25, 0.3) is 0 Å². The molecule has 1 amide bonds. The first-order valence-electron chi connectivity index (χ1n) is 13.0. The molecule has 0 unspecified atom stereocenters. The smallest absolute Gasteiger partial charge is 0.382 e. The van der Waals surface area contributed by atoms with Crippen molar-refractivity contribution in [3.8, 4) is 0 Å². The lowest BCUT2D eigenvalue weighted by Crippen LogP contribution is -2.42. The Morgan fingerprint density at radius 3 is 2.19 bits per heavy atom. The van der Waals surface area contributed by atoms with Crippen molar-refractivity contribution in [1.29, 1.82) is 0 Å². The molecule has 0 bridgehead atoms. The zero-order valence-corrected chi connectivity index (χ0v) is 21.7. The third-order valence-corrected chi connectivity index (χ3v) is 8.06. The second kappa shape index (κ2) is 12.3. The van der Waals surface area contributed by atoms with Crippen LogP contribution in [0.2, 0.25) is 0 Å². The zero-order valence-electron chi connectivity index (χ0n) is 20.9. The van der Waals surface area contributed by atoms with Gasteiger partial charge in [-0.3, -0.25) is 4.79 Å². The first-order chi connectivity index (χ1) is 17.2. The van der Waals surface area contributed by atoms with E-state index in [9.17, 15) is 18.0 Å². The van der Waals surface area contributed by atoms with Crippen molar-refractivity contribution >= 4 is 29.0 Å². The van der Waals surface area contributed by atoms with E-state index >= 15 is 0 Å². The standard InChI is InChI=1S/C28H36F3N3OS/c1-21-5-9-25(10-6-21)33-17-13-22(14-18-33)3-2-4-27(35)34-19-15-24(16-20-34)32-23-7-11-26(12-8-23)36-28(29,30)31/h5-12,22,24,32H,2-4,13-20H2,1H3. The second-order valence-electron chi connectivity index (χ2n) is 10.0. The highest BCUT2D eigenvalue weighted by Crippen LogP contribution is 2.37. The number of likely N-dealkylation sites (tertiary alicyclic amines) is 1. The van der Waals surface area contributed by atoms with Gasteiger partial charge in [-0.15, -0.1) is 0 Å². The summed E-state index contributed by atoms with van der Waals surface area (Å²) in [5.74, 6) is 0.953. The van der Waals surface area contributed by atoms with Crippen LogP contribution >= 0.6 is 11.8 Å². The van der Waals surface area contributed by atoms with Crippen LogP contribution in [0.25, 0.3) is 0 Å². The molecule has 2 fully saturated rings. The van der Waals surface area contributed by atoms with Gasteiger partial charge in [0.05, 0.1) is 0 Å². The molecule has 1 N–H and O–H groups in total. The van der Waals surface area contributed by atoms with Crippen LogP contribution in [0.15, 0.2) is 53.4 Å². The van der Waals surface area contributed by atoms with E-state index in [0.29, 0.717) is 12.3 Å². The van der Waals surface area contributed by atoms with Gasteiger partial charge in [0.15, 0.2) is 0 Å².